The van der Waals surface area contributed by atoms with Gasteiger partial charge in [0.15, 0.2) is 0 Å². The molecule has 0 spiro atoms. The number of hydrogen-bond donors (Lipinski definition) is 1. The molecular formula is C19H27F13O. The summed E-state index contributed by atoms with van der Waals surface area (Å²) in [6.07, 6.45) is -4.16. The van der Waals surface area contributed by atoms with Crippen LogP contribution in [0.5, 0.6) is 0 Å². The Morgan fingerprint density at radius 2 is 0.667 bits per heavy atom. The van der Waals surface area contributed by atoms with Gasteiger partial charge in [0.25, 0.3) is 0 Å². The summed E-state index contributed by atoms with van der Waals surface area (Å²) in [6.45, 7) is 0.102. The molecule has 0 bridgehead atoms. The lowest BCUT2D eigenvalue weighted by Gasteiger charge is -2.39. The molecule has 0 rings (SSSR count). The van der Waals surface area contributed by atoms with Gasteiger partial charge in [-0.3, -0.25) is 0 Å². The van der Waals surface area contributed by atoms with Crippen molar-refractivity contribution in [1.82, 2.24) is 0 Å². The van der Waals surface area contributed by atoms with Gasteiger partial charge in [0.2, 0.25) is 0 Å². The summed E-state index contributed by atoms with van der Waals surface area (Å²) >= 11 is 0. The zero-order chi connectivity index (χ0) is 26.2. The minimum Gasteiger partial charge on any atom is -0.396 e. The van der Waals surface area contributed by atoms with Crippen molar-refractivity contribution >= 4 is 0 Å². The topological polar surface area (TPSA) is 20.2 Å². The van der Waals surface area contributed by atoms with Gasteiger partial charge < -0.3 is 5.11 Å². The molecular weight excluding hydrogens is 491 g/mol. The van der Waals surface area contributed by atoms with Crippen molar-refractivity contribution in [2.24, 2.45) is 0 Å². The molecule has 0 unspecified atom stereocenters. The predicted octanol–water partition coefficient (Wildman–Crippen LogP) is 8.40. The monoisotopic (exact) mass is 518 g/mol. The molecule has 0 aliphatic rings. The van der Waals surface area contributed by atoms with Gasteiger partial charge in [-0.1, -0.05) is 57.8 Å². The number of unbranched alkanes of at least 4 members (excludes halogenated alkanes) is 10. The maximum Gasteiger partial charge on any atom is 0.460 e. The van der Waals surface area contributed by atoms with Crippen molar-refractivity contribution in [1.29, 1.82) is 0 Å². The van der Waals surface area contributed by atoms with E-state index in [1.165, 1.54) is 0 Å². The highest BCUT2D eigenvalue weighted by atomic mass is 19.4. The molecule has 0 fully saturated rings. The second-order valence-corrected chi connectivity index (χ2v) is 7.86. The van der Waals surface area contributed by atoms with Gasteiger partial charge in [0.05, 0.1) is 0 Å². The molecule has 0 amide bonds. The first kappa shape index (κ1) is 32.0. The third kappa shape index (κ3) is 7.51. The highest BCUT2D eigenvalue weighted by Crippen LogP contribution is 2.60. The van der Waals surface area contributed by atoms with Crippen LogP contribution in [0.2, 0.25) is 0 Å². The highest BCUT2D eigenvalue weighted by Gasteiger charge is 2.90. The molecule has 0 aromatic heterocycles. The second kappa shape index (κ2) is 12.1. The van der Waals surface area contributed by atoms with E-state index in [0.29, 0.717) is 19.3 Å². The van der Waals surface area contributed by atoms with E-state index < -0.39 is 48.6 Å². The van der Waals surface area contributed by atoms with Crippen molar-refractivity contribution in [2.75, 3.05) is 6.61 Å². The largest absolute Gasteiger partial charge is 0.460 e. The first-order chi connectivity index (χ1) is 14.8. The van der Waals surface area contributed by atoms with Crippen LogP contribution in [0, 0.1) is 0 Å². The molecule has 0 saturated carbocycles. The number of aliphatic hydroxyl groups excluding tert-OH is 1. The fourth-order valence-electron chi connectivity index (χ4n) is 3.01. The van der Waals surface area contributed by atoms with E-state index in [-0.39, 0.29) is 19.4 Å². The van der Waals surface area contributed by atoms with Crippen LogP contribution < -0.4 is 0 Å². The summed E-state index contributed by atoms with van der Waals surface area (Å²) in [4.78, 5) is 0. The Hall–Kier alpha value is -0.950. The molecule has 0 saturated heterocycles. The van der Waals surface area contributed by atoms with E-state index in [4.69, 9.17) is 5.11 Å². The first-order valence-electron chi connectivity index (χ1n) is 10.4. The molecule has 0 aliphatic heterocycles. The van der Waals surface area contributed by atoms with Gasteiger partial charge >= 0.3 is 35.8 Å². The summed E-state index contributed by atoms with van der Waals surface area (Å²) < 4.78 is 169. The quantitative estimate of drug-likeness (QED) is 0.151. The minimum absolute atomic E-state index is 0.102. The Morgan fingerprint density at radius 3 is 1.00 bits per heavy atom. The van der Waals surface area contributed by atoms with Crippen LogP contribution in [0.3, 0.4) is 0 Å². The van der Waals surface area contributed by atoms with Crippen molar-refractivity contribution in [3.05, 3.63) is 0 Å². The Bertz CT molecular complexity index is 558. The van der Waals surface area contributed by atoms with Crippen molar-refractivity contribution in [3.8, 4) is 0 Å². The maximum atomic E-state index is 13.6. The second-order valence-electron chi connectivity index (χ2n) is 7.86. The van der Waals surface area contributed by atoms with Crippen LogP contribution in [0.4, 0.5) is 57.1 Å². The lowest BCUT2D eigenvalue weighted by Crippen LogP contribution is -2.70. The van der Waals surface area contributed by atoms with Crippen LogP contribution in [0.1, 0.15) is 77.0 Å². The normalized spacial score (nSPS) is 14.7. The number of halogens is 13. The molecule has 1 nitrogen and oxygen atoms in total. The van der Waals surface area contributed by atoms with E-state index in [2.05, 4.69) is 0 Å². The molecule has 1 N–H and O–H groups in total. The minimum atomic E-state index is -7.83. The van der Waals surface area contributed by atoms with E-state index >= 15 is 0 Å². The van der Waals surface area contributed by atoms with Gasteiger partial charge in [-0.25, -0.2) is 0 Å². The van der Waals surface area contributed by atoms with Crippen molar-refractivity contribution in [2.45, 2.75) is 113 Å². The third-order valence-electron chi connectivity index (χ3n) is 5.15. The smallest absolute Gasteiger partial charge is 0.396 e. The summed E-state index contributed by atoms with van der Waals surface area (Å²) in [7, 11) is 0. The molecule has 0 heterocycles. The summed E-state index contributed by atoms with van der Waals surface area (Å²) in [5, 5.41) is 8.61. The van der Waals surface area contributed by atoms with E-state index in [0.717, 1.165) is 32.1 Å². The Balaban J connectivity index is 4.73. The molecule has 0 aromatic rings. The average molecular weight is 518 g/mol. The lowest BCUT2D eigenvalue weighted by molar-refractivity contribution is -0.440. The summed E-state index contributed by atoms with van der Waals surface area (Å²) in [5.41, 5.74) is 0. The fourth-order valence-corrected chi connectivity index (χ4v) is 3.01. The van der Waals surface area contributed by atoms with Crippen molar-refractivity contribution in [3.63, 3.8) is 0 Å². The Morgan fingerprint density at radius 1 is 0.364 bits per heavy atom. The maximum absolute atomic E-state index is 13.6. The predicted molar refractivity (Wildman–Crippen MR) is 93.3 cm³/mol. The van der Waals surface area contributed by atoms with Crippen LogP contribution >= 0.6 is 0 Å². The third-order valence-corrected chi connectivity index (χ3v) is 5.15. The van der Waals surface area contributed by atoms with Gasteiger partial charge in [0, 0.05) is 13.0 Å². The van der Waals surface area contributed by atoms with E-state index in [1.54, 1.807) is 0 Å². The number of aliphatic hydroxyl groups is 1. The Labute approximate surface area is 182 Å². The van der Waals surface area contributed by atoms with Gasteiger partial charge in [-0.15, -0.1) is 0 Å². The molecule has 0 aliphatic carbocycles. The highest BCUT2D eigenvalue weighted by molar-refractivity contribution is 5.10. The fraction of sp³-hybridized carbons (Fsp3) is 1.00. The van der Waals surface area contributed by atoms with Crippen LogP contribution in [-0.4, -0.2) is 47.5 Å². The van der Waals surface area contributed by atoms with Gasteiger partial charge in [-0.05, 0) is 12.8 Å². The zero-order valence-electron chi connectivity index (χ0n) is 17.6. The molecule has 0 atom stereocenters. The Kier molecular flexibility index (Phi) is 11.8. The standard InChI is InChI=1S/C19H27F13O/c20-14(21,12-10-8-6-4-2-1-3-5-7-9-11-13-33)15(22,23)16(24,25)17(26,27)18(28,29)19(30,31)32/h33H,1-13H2. The molecule has 200 valence electrons. The SMILES string of the molecule is OCCCCCCCCCCCCCC(F)(F)C(F)(F)C(F)(F)C(F)(F)C(F)(F)C(F)(F)F. The van der Waals surface area contributed by atoms with Crippen LogP contribution in [0.15, 0.2) is 0 Å². The zero-order valence-corrected chi connectivity index (χ0v) is 17.6. The number of alkyl halides is 13. The lowest BCUT2D eigenvalue weighted by atomic mass is 9.91. The molecule has 0 aromatic carbocycles. The van der Waals surface area contributed by atoms with Gasteiger partial charge in [0.1, 0.15) is 0 Å². The molecule has 0 radical (unpaired) electrons. The number of hydrogen-bond acceptors (Lipinski definition) is 1. The van der Waals surface area contributed by atoms with E-state index in [9.17, 15) is 57.1 Å². The van der Waals surface area contributed by atoms with E-state index in [1.807, 2.05) is 0 Å². The summed E-state index contributed by atoms with van der Waals surface area (Å²) in [6, 6.07) is 0. The average Bonchev–Trinajstić information content (AvgIpc) is 2.67. The molecule has 14 heteroatoms. The van der Waals surface area contributed by atoms with Crippen LogP contribution in [-0.2, 0) is 0 Å². The van der Waals surface area contributed by atoms with Crippen molar-refractivity contribution < 1.29 is 62.2 Å². The van der Waals surface area contributed by atoms with Crippen LogP contribution in [0.25, 0.3) is 0 Å². The summed E-state index contributed by atoms with van der Waals surface area (Å²) in [5.74, 6) is -36.3. The molecule has 33 heavy (non-hydrogen) atoms. The van der Waals surface area contributed by atoms with Gasteiger partial charge in [-0.2, -0.15) is 57.1 Å². The first-order valence-corrected chi connectivity index (χ1v) is 10.4. The number of rotatable bonds is 17.